The van der Waals surface area contributed by atoms with Gasteiger partial charge in [-0.2, -0.15) is 0 Å². The summed E-state index contributed by atoms with van der Waals surface area (Å²) in [6, 6.07) is 5.98. The minimum absolute atomic E-state index is 0. The second kappa shape index (κ2) is 4.78. The fourth-order valence-electron chi connectivity index (χ4n) is 2.80. The van der Waals surface area contributed by atoms with E-state index in [-0.39, 0.29) is 13.3 Å². The molecule has 1 N–H and O–H groups in total. The van der Waals surface area contributed by atoms with E-state index in [1.165, 1.54) is 11.1 Å². The molecule has 0 amide bonds. The Balaban J connectivity index is 0.00000162. The van der Waals surface area contributed by atoms with E-state index in [1.807, 2.05) is 25.1 Å². The summed E-state index contributed by atoms with van der Waals surface area (Å²) in [6.45, 7) is 1.94. The van der Waals surface area contributed by atoms with Crippen LogP contribution in [0.4, 0.5) is 0 Å². The molecule has 3 heteroatoms. The topological polar surface area (TPSA) is 46.5 Å². The molecule has 2 rings (SSSR count). The molecule has 1 aromatic carbocycles. The zero-order valence-electron chi connectivity index (χ0n) is 10.3. The molecule has 0 radical (unpaired) electrons. The van der Waals surface area contributed by atoms with Crippen LogP contribution >= 0.6 is 0 Å². The van der Waals surface area contributed by atoms with E-state index in [9.17, 15) is 9.90 Å². The highest BCUT2D eigenvalue weighted by molar-refractivity contribution is 5.71. The van der Waals surface area contributed by atoms with Crippen molar-refractivity contribution in [1.82, 2.24) is 0 Å². The van der Waals surface area contributed by atoms with E-state index in [1.54, 1.807) is 7.11 Å². The maximum Gasteiger partial charge on any atom is 0.307 e. The number of rotatable bonds is 4. The van der Waals surface area contributed by atoms with Gasteiger partial charge in [-0.25, -0.2) is 0 Å². The third-order valence-corrected chi connectivity index (χ3v) is 3.72. The third-order valence-electron chi connectivity index (χ3n) is 3.72. The number of benzene rings is 1. The lowest BCUT2D eigenvalue weighted by molar-refractivity contribution is -0.142. The second-order valence-corrected chi connectivity index (χ2v) is 4.56. The molecule has 17 heavy (non-hydrogen) atoms. The van der Waals surface area contributed by atoms with Crippen LogP contribution in [0.2, 0.25) is 0 Å². The van der Waals surface area contributed by atoms with Gasteiger partial charge in [-0.15, -0.1) is 0 Å². The van der Waals surface area contributed by atoms with Crippen molar-refractivity contribution in [3.05, 3.63) is 29.3 Å². The van der Waals surface area contributed by atoms with Gasteiger partial charge in [0.15, 0.2) is 0 Å². The van der Waals surface area contributed by atoms with Crippen LogP contribution in [0.3, 0.4) is 0 Å². The van der Waals surface area contributed by atoms with E-state index in [0.29, 0.717) is 6.42 Å². The molecule has 1 aliphatic rings. The van der Waals surface area contributed by atoms with Crippen molar-refractivity contribution in [1.29, 1.82) is 0 Å². The third kappa shape index (κ3) is 2.14. The number of methoxy groups -OCH3 is 1. The van der Waals surface area contributed by atoms with Gasteiger partial charge in [0.1, 0.15) is 5.75 Å². The number of aryl methyl sites for hydroxylation is 1. The molecule has 0 saturated heterocycles. The van der Waals surface area contributed by atoms with Crippen molar-refractivity contribution in [3.8, 4) is 5.75 Å². The number of carboxylic acid groups (broad SMARTS) is 1. The molecule has 0 aliphatic heterocycles. The molecule has 3 nitrogen and oxygen atoms in total. The number of hydrogen-bond donors (Lipinski definition) is 1. The predicted octanol–water partition coefficient (Wildman–Crippen LogP) is 3.08. The van der Waals surface area contributed by atoms with Crippen LogP contribution in [-0.2, 0) is 11.2 Å². The minimum atomic E-state index is -0.679. The molecule has 1 aromatic rings. The lowest BCUT2D eigenvalue weighted by atomic mass is 9.85. The van der Waals surface area contributed by atoms with Crippen LogP contribution in [0.25, 0.3) is 0 Å². The Bertz CT molecular complexity index is 431. The van der Waals surface area contributed by atoms with E-state index in [2.05, 4.69) is 0 Å². The summed E-state index contributed by atoms with van der Waals surface area (Å²) in [5, 5.41) is 9.24. The minimum Gasteiger partial charge on any atom is -0.497 e. The predicted molar refractivity (Wildman–Crippen MR) is 67.6 cm³/mol. The van der Waals surface area contributed by atoms with Gasteiger partial charge < -0.3 is 9.84 Å². The summed E-state index contributed by atoms with van der Waals surface area (Å²) in [4.78, 5) is 11.2. The Morgan fingerprint density at radius 2 is 2.41 bits per heavy atom. The number of aliphatic carboxylic acids is 1. The van der Waals surface area contributed by atoms with Gasteiger partial charge >= 0.3 is 5.97 Å². The van der Waals surface area contributed by atoms with Crippen molar-refractivity contribution in [2.45, 2.75) is 32.1 Å². The highest BCUT2D eigenvalue weighted by atomic mass is 16.5. The maximum absolute atomic E-state index is 11.2. The molecule has 0 fully saturated rings. The van der Waals surface area contributed by atoms with Gasteiger partial charge in [0, 0.05) is 1.43 Å². The smallest absolute Gasteiger partial charge is 0.307 e. The van der Waals surface area contributed by atoms with Gasteiger partial charge in [-0.3, -0.25) is 4.79 Å². The summed E-state index contributed by atoms with van der Waals surface area (Å²) in [7, 11) is 1.65. The van der Waals surface area contributed by atoms with Crippen LogP contribution in [0, 0.1) is 5.92 Å². The SMILES string of the molecule is CCC(C(=O)O)C1CCc2cc(OC)ccc21.[HH]. The molecule has 94 valence electrons. The Hall–Kier alpha value is -1.51. The van der Waals surface area contributed by atoms with Gasteiger partial charge in [0.25, 0.3) is 0 Å². The number of ether oxygens (including phenoxy) is 1. The Morgan fingerprint density at radius 3 is 3.00 bits per heavy atom. The zero-order valence-corrected chi connectivity index (χ0v) is 10.3. The molecule has 2 atom stereocenters. The Morgan fingerprint density at radius 1 is 1.65 bits per heavy atom. The van der Waals surface area contributed by atoms with Crippen molar-refractivity contribution < 1.29 is 16.1 Å². The van der Waals surface area contributed by atoms with E-state index >= 15 is 0 Å². The summed E-state index contributed by atoms with van der Waals surface area (Å²) in [6.07, 6.45) is 2.58. The van der Waals surface area contributed by atoms with Crippen molar-refractivity contribution in [3.63, 3.8) is 0 Å². The highest BCUT2D eigenvalue weighted by Gasteiger charge is 2.33. The maximum atomic E-state index is 11.2. The van der Waals surface area contributed by atoms with Gasteiger partial charge in [0.2, 0.25) is 0 Å². The van der Waals surface area contributed by atoms with Crippen LogP contribution in [-0.4, -0.2) is 18.2 Å². The quantitative estimate of drug-likeness (QED) is 0.873. The molecule has 2 unspecified atom stereocenters. The van der Waals surface area contributed by atoms with E-state index in [4.69, 9.17) is 4.74 Å². The molecule has 0 heterocycles. The average Bonchev–Trinajstić information content (AvgIpc) is 2.73. The van der Waals surface area contributed by atoms with Gasteiger partial charge in [-0.1, -0.05) is 13.0 Å². The normalized spacial score (nSPS) is 19.8. The summed E-state index contributed by atoms with van der Waals surface area (Å²) >= 11 is 0. The first-order chi connectivity index (χ1) is 8.17. The molecule has 0 bridgehead atoms. The first-order valence-electron chi connectivity index (χ1n) is 6.07. The molecular weight excluding hydrogens is 216 g/mol. The number of carboxylic acids is 1. The van der Waals surface area contributed by atoms with Gasteiger partial charge in [0.05, 0.1) is 13.0 Å². The largest absolute Gasteiger partial charge is 0.497 e. The molecule has 0 spiro atoms. The molecular formula is C14H20O3. The summed E-state index contributed by atoms with van der Waals surface area (Å²) in [5.74, 6) is 0.0805. The fourth-order valence-corrected chi connectivity index (χ4v) is 2.80. The van der Waals surface area contributed by atoms with Gasteiger partial charge in [-0.05, 0) is 48.4 Å². The van der Waals surface area contributed by atoms with E-state index in [0.717, 1.165) is 18.6 Å². The van der Waals surface area contributed by atoms with Crippen LogP contribution in [0.15, 0.2) is 18.2 Å². The Kier molecular flexibility index (Phi) is 3.36. The lowest BCUT2D eigenvalue weighted by Crippen LogP contribution is -2.19. The monoisotopic (exact) mass is 236 g/mol. The fraction of sp³-hybridized carbons (Fsp3) is 0.500. The standard InChI is InChI=1S/C14H18O3.H2/c1-3-11(14(15)16)13-6-4-9-8-10(17-2)5-7-12(9)13;/h5,7-8,11,13H,3-4,6H2,1-2H3,(H,15,16);1H. The Labute approximate surface area is 103 Å². The molecule has 0 saturated carbocycles. The zero-order chi connectivity index (χ0) is 12.4. The van der Waals surface area contributed by atoms with Crippen LogP contribution in [0.5, 0.6) is 5.75 Å². The average molecular weight is 236 g/mol. The van der Waals surface area contributed by atoms with Crippen molar-refractivity contribution >= 4 is 5.97 Å². The molecule has 1 aliphatic carbocycles. The van der Waals surface area contributed by atoms with Crippen molar-refractivity contribution in [2.24, 2.45) is 5.92 Å². The van der Waals surface area contributed by atoms with Crippen molar-refractivity contribution in [2.75, 3.05) is 7.11 Å². The van der Waals surface area contributed by atoms with E-state index < -0.39 is 5.97 Å². The number of fused-ring (bicyclic) bond motifs is 1. The number of hydrogen-bond acceptors (Lipinski definition) is 2. The number of carbonyl (C=O) groups is 1. The molecule has 0 aromatic heterocycles. The lowest BCUT2D eigenvalue weighted by Gasteiger charge is -2.19. The first-order valence-corrected chi connectivity index (χ1v) is 6.07. The van der Waals surface area contributed by atoms with Crippen LogP contribution < -0.4 is 4.74 Å². The highest BCUT2D eigenvalue weighted by Crippen LogP contribution is 2.41. The first kappa shape index (κ1) is 12.0. The second-order valence-electron chi connectivity index (χ2n) is 4.56. The summed E-state index contributed by atoms with van der Waals surface area (Å²) in [5.41, 5.74) is 2.44. The summed E-state index contributed by atoms with van der Waals surface area (Å²) < 4.78 is 5.19. The van der Waals surface area contributed by atoms with Crippen LogP contribution in [0.1, 0.15) is 38.2 Å².